The highest BCUT2D eigenvalue weighted by molar-refractivity contribution is 4.52. The first-order valence-corrected chi connectivity index (χ1v) is 5.12. The molecule has 0 saturated heterocycles. The van der Waals surface area contributed by atoms with Crippen LogP contribution in [-0.2, 0) is 0 Å². The lowest BCUT2D eigenvalue weighted by Gasteiger charge is -2.10. The smallest absolute Gasteiger partial charge is 0.000733 e. The van der Waals surface area contributed by atoms with Crippen LogP contribution in [0.3, 0.4) is 0 Å². The molecule has 0 aromatic heterocycles. The maximum Gasteiger partial charge on any atom is 0.000733 e. The van der Waals surface area contributed by atoms with Gasteiger partial charge in [0.05, 0.1) is 0 Å². The van der Waals surface area contributed by atoms with Crippen LogP contribution in [-0.4, -0.2) is 13.1 Å². The van der Waals surface area contributed by atoms with E-state index in [4.69, 9.17) is 0 Å². The van der Waals surface area contributed by atoms with E-state index in [9.17, 15) is 0 Å². The summed E-state index contributed by atoms with van der Waals surface area (Å²) in [6, 6.07) is 0.634. The van der Waals surface area contributed by atoms with Crippen molar-refractivity contribution in [1.82, 2.24) is 5.32 Å². The van der Waals surface area contributed by atoms with Crippen LogP contribution in [0, 0.1) is 11.8 Å². The monoisotopic (exact) mass is 173 g/mol. The third-order valence-electron chi connectivity index (χ3n) is 2.36. The molecule has 12 heavy (non-hydrogen) atoms. The van der Waals surface area contributed by atoms with Crippen LogP contribution in [0.25, 0.3) is 0 Å². The molecular formula is C11H27N. The predicted octanol–water partition coefficient (Wildman–Crippen LogP) is 3.30. The summed E-state index contributed by atoms with van der Waals surface area (Å²) in [7, 11) is 1.95. The van der Waals surface area contributed by atoms with Crippen LogP contribution >= 0.6 is 0 Å². The molecule has 0 rings (SSSR count). The summed E-state index contributed by atoms with van der Waals surface area (Å²) in [4.78, 5) is 0. The molecule has 0 aromatic carbocycles. The van der Waals surface area contributed by atoms with Crippen molar-refractivity contribution >= 4 is 0 Å². The van der Waals surface area contributed by atoms with Crippen molar-refractivity contribution in [1.29, 1.82) is 0 Å². The highest BCUT2D eigenvalue weighted by Gasteiger charge is 2.01. The molecule has 1 nitrogen and oxygen atoms in total. The van der Waals surface area contributed by atoms with E-state index in [0.29, 0.717) is 6.04 Å². The number of hydrogen-bond acceptors (Lipinski definition) is 1. The fourth-order valence-electron chi connectivity index (χ4n) is 0.471. The average molecular weight is 173 g/mol. The van der Waals surface area contributed by atoms with Crippen molar-refractivity contribution in [3.05, 3.63) is 0 Å². The van der Waals surface area contributed by atoms with Crippen LogP contribution in [0.2, 0.25) is 0 Å². The lowest BCUT2D eigenvalue weighted by molar-refractivity contribution is 0.407. The minimum atomic E-state index is 0.634. The molecule has 0 fully saturated rings. The van der Waals surface area contributed by atoms with E-state index in [1.807, 2.05) is 7.05 Å². The van der Waals surface area contributed by atoms with Crippen molar-refractivity contribution in [3.63, 3.8) is 0 Å². The van der Waals surface area contributed by atoms with Gasteiger partial charge in [0.15, 0.2) is 0 Å². The Hall–Kier alpha value is -0.0400. The van der Waals surface area contributed by atoms with Crippen molar-refractivity contribution in [3.8, 4) is 0 Å². The van der Waals surface area contributed by atoms with E-state index in [2.05, 4.69) is 46.9 Å². The van der Waals surface area contributed by atoms with Gasteiger partial charge in [-0.25, -0.2) is 0 Å². The summed E-state index contributed by atoms with van der Waals surface area (Å²) in [6.45, 7) is 13.3. The Kier molecular flexibility index (Phi) is 10.9. The lowest BCUT2D eigenvalue weighted by Crippen LogP contribution is -2.15. The molecule has 76 valence electrons. The molecular weight excluding hydrogens is 146 g/mol. The first kappa shape index (κ1) is 14.5. The highest BCUT2D eigenvalue weighted by Crippen LogP contribution is 2.11. The Morgan fingerprint density at radius 1 is 1.00 bits per heavy atom. The van der Waals surface area contributed by atoms with E-state index in [-0.39, 0.29) is 0 Å². The number of hydrogen-bond donors (Lipinski definition) is 1. The Morgan fingerprint density at radius 3 is 1.33 bits per heavy atom. The van der Waals surface area contributed by atoms with Crippen molar-refractivity contribution in [2.45, 2.75) is 54.0 Å². The van der Waals surface area contributed by atoms with Gasteiger partial charge in [0, 0.05) is 6.04 Å². The summed E-state index contributed by atoms with van der Waals surface area (Å²) in [6.07, 6.45) is 1.32. The fourth-order valence-corrected chi connectivity index (χ4v) is 0.471. The van der Waals surface area contributed by atoms with Gasteiger partial charge in [0.25, 0.3) is 0 Å². The van der Waals surface area contributed by atoms with Gasteiger partial charge < -0.3 is 5.32 Å². The molecule has 1 heteroatoms. The summed E-state index contributed by atoms with van der Waals surface area (Å²) < 4.78 is 0. The molecule has 1 atom stereocenters. The molecule has 0 saturated carbocycles. The van der Waals surface area contributed by atoms with Gasteiger partial charge in [-0.1, -0.05) is 48.0 Å². The van der Waals surface area contributed by atoms with Gasteiger partial charge in [0.1, 0.15) is 0 Å². The van der Waals surface area contributed by atoms with Crippen LogP contribution in [0.1, 0.15) is 48.0 Å². The summed E-state index contributed by atoms with van der Waals surface area (Å²) >= 11 is 0. The molecule has 1 N–H and O–H groups in total. The van der Waals surface area contributed by atoms with Gasteiger partial charge in [-0.05, 0) is 18.9 Å². The van der Waals surface area contributed by atoms with Gasteiger partial charge in [-0.2, -0.15) is 0 Å². The molecule has 0 amide bonds. The number of rotatable bonds is 3. The Labute approximate surface area is 78.9 Å². The summed E-state index contributed by atoms with van der Waals surface area (Å²) in [5.41, 5.74) is 0. The van der Waals surface area contributed by atoms with Crippen LogP contribution < -0.4 is 5.32 Å². The van der Waals surface area contributed by atoms with Crippen molar-refractivity contribution < 1.29 is 0 Å². The zero-order valence-electron chi connectivity index (χ0n) is 9.94. The molecule has 0 spiro atoms. The van der Waals surface area contributed by atoms with Gasteiger partial charge >= 0.3 is 0 Å². The fraction of sp³-hybridized carbons (Fsp3) is 1.00. The maximum absolute atomic E-state index is 3.03. The van der Waals surface area contributed by atoms with Gasteiger partial charge in [-0.3, -0.25) is 0 Å². The van der Waals surface area contributed by atoms with Crippen LogP contribution in [0.15, 0.2) is 0 Å². The average Bonchev–Trinajstić information content (AvgIpc) is 2.04. The topological polar surface area (TPSA) is 12.0 Å². The van der Waals surface area contributed by atoms with Crippen LogP contribution in [0.5, 0.6) is 0 Å². The zero-order chi connectivity index (χ0) is 10.1. The Morgan fingerprint density at radius 2 is 1.33 bits per heavy atom. The third kappa shape index (κ3) is 12.6. The van der Waals surface area contributed by atoms with E-state index in [0.717, 1.165) is 11.8 Å². The molecule has 0 aliphatic heterocycles. The highest BCUT2D eigenvalue weighted by atomic mass is 14.8. The Bertz CT molecular complexity index is 77.1. The van der Waals surface area contributed by atoms with Crippen molar-refractivity contribution in [2.24, 2.45) is 11.8 Å². The zero-order valence-corrected chi connectivity index (χ0v) is 9.94. The largest absolute Gasteiger partial charge is 0.318 e. The Balaban J connectivity index is 0. The van der Waals surface area contributed by atoms with E-state index in [1.165, 1.54) is 6.42 Å². The second kappa shape index (κ2) is 9.05. The van der Waals surface area contributed by atoms with Crippen LogP contribution in [0.4, 0.5) is 0 Å². The predicted molar refractivity (Wildman–Crippen MR) is 58.5 cm³/mol. The summed E-state index contributed by atoms with van der Waals surface area (Å²) in [5.74, 6) is 1.77. The minimum Gasteiger partial charge on any atom is -0.318 e. The molecule has 0 aromatic rings. The summed E-state index contributed by atoms with van der Waals surface area (Å²) in [5, 5.41) is 3.03. The second-order valence-corrected chi connectivity index (χ2v) is 4.07. The van der Waals surface area contributed by atoms with E-state index < -0.39 is 0 Å². The quantitative estimate of drug-likeness (QED) is 0.690. The van der Waals surface area contributed by atoms with E-state index >= 15 is 0 Å². The molecule has 0 aliphatic rings. The SMILES string of the molecule is CCC(C)C(C)C.CNC(C)C. The normalized spacial score (nSPS) is 12.8. The molecule has 0 heterocycles. The minimum absolute atomic E-state index is 0.634. The first-order chi connectivity index (χ1) is 5.45. The molecule has 0 bridgehead atoms. The lowest BCUT2D eigenvalue weighted by atomic mass is 9.96. The van der Waals surface area contributed by atoms with Crippen molar-refractivity contribution in [2.75, 3.05) is 7.05 Å². The molecule has 1 unspecified atom stereocenters. The number of nitrogens with one attached hydrogen (secondary N) is 1. The standard InChI is InChI=1S/C7H16.C4H11N/c1-5-7(4)6(2)3;1-4(2)5-3/h6-7H,5H2,1-4H3;4-5H,1-3H3. The maximum atomic E-state index is 3.03. The second-order valence-electron chi connectivity index (χ2n) is 4.07. The van der Waals surface area contributed by atoms with Gasteiger partial charge in [-0.15, -0.1) is 0 Å². The third-order valence-corrected chi connectivity index (χ3v) is 2.36. The van der Waals surface area contributed by atoms with Gasteiger partial charge in [0.2, 0.25) is 0 Å². The van der Waals surface area contributed by atoms with E-state index in [1.54, 1.807) is 0 Å². The molecule has 0 aliphatic carbocycles. The molecule has 0 radical (unpaired) electrons. The first-order valence-electron chi connectivity index (χ1n) is 5.12.